The minimum atomic E-state index is -0.121. The number of hydrogen-bond donors (Lipinski definition) is 2. The van der Waals surface area contributed by atoms with Gasteiger partial charge in [0.1, 0.15) is 0 Å². The van der Waals surface area contributed by atoms with Crippen LogP contribution in [0.2, 0.25) is 0 Å². The average molecular weight is 395 g/mol. The van der Waals surface area contributed by atoms with Crippen molar-refractivity contribution in [3.63, 3.8) is 0 Å². The molecule has 0 radical (unpaired) electrons. The van der Waals surface area contributed by atoms with Gasteiger partial charge in [-0.05, 0) is 50.2 Å². The number of likely N-dealkylation sites (tertiary alicyclic amines) is 1. The Bertz CT molecular complexity index is 846. The fourth-order valence-corrected chi connectivity index (χ4v) is 5.00. The number of aliphatic imine (C=N–C) groups is 1. The van der Waals surface area contributed by atoms with Crippen molar-refractivity contribution < 1.29 is 9.59 Å². The highest BCUT2D eigenvalue weighted by Crippen LogP contribution is 2.52. The van der Waals surface area contributed by atoms with Crippen LogP contribution >= 0.6 is 0 Å². The molecule has 2 N–H and O–H groups in total. The number of nitrogens with one attached hydrogen (secondary N) is 2. The van der Waals surface area contributed by atoms with Gasteiger partial charge in [0.2, 0.25) is 11.8 Å². The Hall–Kier alpha value is -2.63. The van der Waals surface area contributed by atoms with E-state index in [1.165, 1.54) is 21.6 Å². The molecule has 1 saturated heterocycles. The summed E-state index contributed by atoms with van der Waals surface area (Å²) in [7, 11) is 0. The molecule has 1 saturated carbocycles. The molecule has 1 heterocycles. The maximum absolute atomic E-state index is 12.8. The van der Waals surface area contributed by atoms with Gasteiger partial charge < -0.3 is 10.6 Å². The highest BCUT2D eigenvalue weighted by Gasteiger charge is 2.58. The smallest absolute Gasteiger partial charge is 0.233 e. The number of benzene rings is 1. The zero-order chi connectivity index (χ0) is 20.5. The van der Waals surface area contributed by atoms with E-state index in [-0.39, 0.29) is 35.5 Å². The molecule has 154 valence electrons. The Morgan fingerprint density at radius 3 is 2.41 bits per heavy atom. The molecule has 6 nitrogen and oxygen atoms in total. The van der Waals surface area contributed by atoms with E-state index >= 15 is 0 Å². The maximum atomic E-state index is 12.8. The quantitative estimate of drug-likeness (QED) is 0.336. The molecule has 1 aromatic carbocycles. The standard InChI is InChI=1S/C23H30N4O2/c1-4-24-23(26-13-18-6-5-14(2)11-15(18)3)25-9-10-27-21(28)19-16-7-8-17(12-16)20(19)22(27)29/h5-8,11,16-17,19-20H,4,9-10,12-13H2,1-3H3,(H2,24,25,26). The van der Waals surface area contributed by atoms with Crippen molar-refractivity contribution in [2.45, 2.75) is 33.7 Å². The average Bonchev–Trinajstić information content (AvgIpc) is 3.36. The minimum absolute atomic E-state index is 0.0101. The summed E-state index contributed by atoms with van der Waals surface area (Å²) in [6, 6.07) is 6.37. The summed E-state index contributed by atoms with van der Waals surface area (Å²) < 4.78 is 0. The highest BCUT2D eigenvalue weighted by molar-refractivity contribution is 6.06. The zero-order valence-corrected chi connectivity index (χ0v) is 17.4. The van der Waals surface area contributed by atoms with Gasteiger partial charge in [0.25, 0.3) is 0 Å². The number of nitrogens with zero attached hydrogens (tertiary/aromatic N) is 2. The molecule has 29 heavy (non-hydrogen) atoms. The lowest BCUT2D eigenvalue weighted by Gasteiger charge is -2.18. The number of rotatable bonds is 6. The minimum Gasteiger partial charge on any atom is -0.357 e. The van der Waals surface area contributed by atoms with Crippen molar-refractivity contribution in [2.75, 3.05) is 19.6 Å². The van der Waals surface area contributed by atoms with Gasteiger partial charge in [-0.15, -0.1) is 0 Å². The van der Waals surface area contributed by atoms with Crippen LogP contribution in [0.15, 0.2) is 35.3 Å². The Morgan fingerprint density at radius 2 is 1.79 bits per heavy atom. The third-order valence-corrected chi connectivity index (χ3v) is 6.44. The second kappa shape index (κ2) is 8.01. The molecule has 0 aromatic heterocycles. The summed E-state index contributed by atoms with van der Waals surface area (Å²) in [5.74, 6) is 1.00. The summed E-state index contributed by atoms with van der Waals surface area (Å²) in [4.78, 5) is 31.6. The molecule has 1 aromatic rings. The van der Waals surface area contributed by atoms with E-state index in [0.717, 1.165) is 13.0 Å². The normalized spacial score (nSPS) is 27.7. The van der Waals surface area contributed by atoms with E-state index < -0.39 is 0 Å². The van der Waals surface area contributed by atoms with Crippen molar-refractivity contribution >= 4 is 17.8 Å². The van der Waals surface area contributed by atoms with Gasteiger partial charge in [0, 0.05) is 19.6 Å². The second-order valence-electron chi connectivity index (χ2n) is 8.38. The van der Waals surface area contributed by atoms with Crippen LogP contribution < -0.4 is 10.6 Å². The largest absolute Gasteiger partial charge is 0.357 e. The Balaban J connectivity index is 1.34. The lowest BCUT2D eigenvalue weighted by Crippen LogP contribution is -2.43. The summed E-state index contributed by atoms with van der Waals surface area (Å²) >= 11 is 0. The van der Waals surface area contributed by atoms with E-state index in [4.69, 9.17) is 0 Å². The predicted molar refractivity (Wildman–Crippen MR) is 113 cm³/mol. The number of amides is 2. The van der Waals surface area contributed by atoms with Gasteiger partial charge in [-0.25, -0.2) is 4.99 Å². The number of aryl methyl sites for hydroxylation is 2. The van der Waals surface area contributed by atoms with E-state index in [1.54, 1.807) is 0 Å². The number of guanidine groups is 1. The number of imide groups is 1. The van der Waals surface area contributed by atoms with Gasteiger partial charge >= 0.3 is 0 Å². The number of fused-ring (bicyclic) bond motifs is 5. The summed E-state index contributed by atoms with van der Waals surface area (Å²) in [6.07, 6.45) is 5.22. The molecular weight excluding hydrogens is 364 g/mol. The lowest BCUT2D eigenvalue weighted by atomic mass is 9.85. The molecule has 1 aliphatic heterocycles. The van der Waals surface area contributed by atoms with Gasteiger partial charge in [-0.3, -0.25) is 14.5 Å². The highest BCUT2D eigenvalue weighted by atomic mass is 16.2. The first-order valence-electron chi connectivity index (χ1n) is 10.6. The van der Waals surface area contributed by atoms with E-state index in [2.05, 4.69) is 59.8 Å². The molecule has 4 rings (SSSR count). The molecule has 6 heteroatoms. The predicted octanol–water partition coefficient (Wildman–Crippen LogP) is 2.17. The lowest BCUT2D eigenvalue weighted by molar-refractivity contribution is -0.140. The Morgan fingerprint density at radius 1 is 1.10 bits per heavy atom. The van der Waals surface area contributed by atoms with Crippen LogP contribution in [0.5, 0.6) is 0 Å². The summed E-state index contributed by atoms with van der Waals surface area (Å²) in [6.45, 7) is 8.42. The van der Waals surface area contributed by atoms with Gasteiger partial charge in [0.05, 0.1) is 18.4 Å². The molecule has 2 aliphatic carbocycles. The first kappa shape index (κ1) is 19.7. The van der Waals surface area contributed by atoms with Gasteiger partial charge in [0.15, 0.2) is 5.96 Å². The van der Waals surface area contributed by atoms with Gasteiger partial charge in [-0.1, -0.05) is 35.9 Å². The fraction of sp³-hybridized carbons (Fsp3) is 0.522. The van der Waals surface area contributed by atoms with Crippen molar-refractivity contribution in [1.29, 1.82) is 0 Å². The van der Waals surface area contributed by atoms with Crippen molar-refractivity contribution in [3.05, 3.63) is 47.0 Å². The third-order valence-electron chi connectivity index (χ3n) is 6.44. The Kier molecular flexibility index (Phi) is 5.43. The first-order chi connectivity index (χ1) is 14.0. The van der Waals surface area contributed by atoms with Crippen LogP contribution in [0.1, 0.15) is 30.0 Å². The van der Waals surface area contributed by atoms with Crippen LogP contribution in [0.4, 0.5) is 0 Å². The molecule has 2 fully saturated rings. The molecule has 4 atom stereocenters. The molecule has 0 spiro atoms. The molecule has 4 unspecified atom stereocenters. The van der Waals surface area contributed by atoms with Crippen LogP contribution in [0.3, 0.4) is 0 Å². The molecular formula is C23H30N4O2. The van der Waals surface area contributed by atoms with Crippen molar-refractivity contribution in [3.8, 4) is 0 Å². The van der Waals surface area contributed by atoms with Gasteiger partial charge in [-0.2, -0.15) is 0 Å². The first-order valence-corrected chi connectivity index (χ1v) is 10.6. The molecule has 2 amide bonds. The number of hydrogen-bond acceptors (Lipinski definition) is 3. The van der Waals surface area contributed by atoms with E-state index in [0.29, 0.717) is 25.6 Å². The van der Waals surface area contributed by atoms with Crippen LogP contribution in [0, 0.1) is 37.5 Å². The fourth-order valence-electron chi connectivity index (χ4n) is 5.00. The molecule has 2 bridgehead atoms. The molecule has 3 aliphatic rings. The number of allylic oxidation sites excluding steroid dienone is 2. The van der Waals surface area contributed by atoms with Crippen LogP contribution in [-0.2, 0) is 16.1 Å². The topological polar surface area (TPSA) is 73.8 Å². The van der Waals surface area contributed by atoms with E-state index in [1.807, 2.05) is 6.92 Å². The third kappa shape index (κ3) is 3.68. The monoisotopic (exact) mass is 394 g/mol. The van der Waals surface area contributed by atoms with Crippen molar-refractivity contribution in [1.82, 2.24) is 15.5 Å². The Labute approximate surface area is 172 Å². The summed E-state index contributed by atoms with van der Waals surface area (Å²) in [5.41, 5.74) is 3.66. The SMILES string of the molecule is CCNC(=NCc1ccc(C)cc1C)NCCN1C(=O)C2C3C=CC(C3)C2C1=O. The maximum Gasteiger partial charge on any atom is 0.233 e. The second-order valence-corrected chi connectivity index (χ2v) is 8.38. The van der Waals surface area contributed by atoms with Crippen LogP contribution in [-0.4, -0.2) is 42.3 Å². The van der Waals surface area contributed by atoms with E-state index in [9.17, 15) is 9.59 Å². The number of carbonyl (C=O) groups is 2. The number of carbonyl (C=O) groups excluding carboxylic acids is 2. The van der Waals surface area contributed by atoms with Crippen LogP contribution in [0.25, 0.3) is 0 Å². The zero-order valence-electron chi connectivity index (χ0n) is 17.4. The summed E-state index contributed by atoms with van der Waals surface area (Å²) in [5, 5.41) is 6.51. The van der Waals surface area contributed by atoms with Crippen molar-refractivity contribution in [2.24, 2.45) is 28.7 Å².